The standard InChI is InChI=1S/C24H20O5.4C2H6/c1-11-9-17-21(13(3)19(11)25)28-22-14(4)20(26)12(2)10-18(22)24(17)16-8-6-5-7-15(16)23(27)29-24;4*1-2/h5-10,25-26H,1-4H3;4*1-2H3. The number of hydrogen-bond donors (Lipinski definition) is 2. The molecule has 5 heteroatoms. The van der Waals surface area contributed by atoms with Crippen molar-refractivity contribution in [2.24, 2.45) is 0 Å². The zero-order valence-electron chi connectivity index (χ0n) is 24.6. The van der Waals surface area contributed by atoms with E-state index >= 15 is 0 Å². The summed E-state index contributed by atoms with van der Waals surface area (Å²) in [6.07, 6.45) is 0. The zero-order valence-corrected chi connectivity index (χ0v) is 24.6. The van der Waals surface area contributed by atoms with E-state index < -0.39 is 11.6 Å². The van der Waals surface area contributed by atoms with E-state index in [0.29, 0.717) is 50.4 Å². The fourth-order valence-corrected chi connectivity index (χ4v) is 4.56. The molecule has 0 aromatic heterocycles. The second kappa shape index (κ2) is 13.2. The van der Waals surface area contributed by atoms with Crippen LogP contribution in [-0.4, -0.2) is 16.2 Å². The van der Waals surface area contributed by atoms with Crippen LogP contribution in [0.4, 0.5) is 0 Å². The number of aryl methyl sites for hydroxylation is 2. The molecule has 0 saturated heterocycles. The first-order chi connectivity index (χ1) is 17.8. The van der Waals surface area contributed by atoms with E-state index in [0.717, 1.165) is 5.56 Å². The summed E-state index contributed by atoms with van der Waals surface area (Å²) >= 11 is 0. The van der Waals surface area contributed by atoms with Crippen molar-refractivity contribution >= 4 is 5.97 Å². The summed E-state index contributed by atoms with van der Waals surface area (Å²) in [6.45, 7) is 23.2. The Kier molecular flexibility index (Phi) is 11.2. The summed E-state index contributed by atoms with van der Waals surface area (Å²) in [4.78, 5) is 12.9. The van der Waals surface area contributed by atoms with E-state index in [1.165, 1.54) is 0 Å². The molecule has 202 valence electrons. The van der Waals surface area contributed by atoms with Crippen LogP contribution in [0.5, 0.6) is 23.0 Å². The highest BCUT2D eigenvalue weighted by Crippen LogP contribution is 2.59. The number of benzene rings is 3. The Balaban J connectivity index is 0.000000784. The van der Waals surface area contributed by atoms with Crippen molar-refractivity contribution in [1.82, 2.24) is 0 Å². The molecule has 1 spiro atoms. The minimum Gasteiger partial charge on any atom is -0.507 e. The number of carbonyl (C=O) groups is 1. The molecule has 0 unspecified atom stereocenters. The lowest BCUT2D eigenvalue weighted by molar-refractivity contribution is 0.0222. The fourth-order valence-electron chi connectivity index (χ4n) is 4.56. The van der Waals surface area contributed by atoms with Crippen LogP contribution in [0, 0.1) is 27.7 Å². The number of ether oxygens (including phenoxy) is 2. The van der Waals surface area contributed by atoms with E-state index in [1.54, 1.807) is 26.0 Å². The Morgan fingerprint density at radius 3 is 1.49 bits per heavy atom. The highest BCUT2D eigenvalue weighted by molar-refractivity contribution is 5.97. The lowest BCUT2D eigenvalue weighted by Gasteiger charge is -2.38. The maximum absolute atomic E-state index is 12.9. The molecule has 2 aliphatic heterocycles. The molecule has 2 aliphatic rings. The number of fused-ring (bicyclic) bond motifs is 6. The summed E-state index contributed by atoms with van der Waals surface area (Å²) in [7, 11) is 0. The van der Waals surface area contributed by atoms with E-state index in [2.05, 4.69) is 0 Å². The minimum absolute atomic E-state index is 0.133. The molecular formula is C32H44O5. The average molecular weight is 509 g/mol. The molecule has 3 aromatic rings. The number of hydrogen-bond acceptors (Lipinski definition) is 5. The molecule has 0 radical (unpaired) electrons. The average Bonchev–Trinajstić information content (AvgIpc) is 3.25. The highest BCUT2D eigenvalue weighted by atomic mass is 16.6. The zero-order chi connectivity index (χ0) is 28.7. The molecule has 5 nitrogen and oxygen atoms in total. The Labute approximate surface area is 223 Å². The lowest BCUT2D eigenvalue weighted by Crippen LogP contribution is -2.34. The number of phenols is 2. The van der Waals surface area contributed by atoms with Crippen molar-refractivity contribution in [2.45, 2.75) is 88.7 Å². The Morgan fingerprint density at radius 1 is 0.649 bits per heavy atom. The maximum atomic E-state index is 12.9. The van der Waals surface area contributed by atoms with Gasteiger partial charge in [-0.05, 0) is 57.0 Å². The Bertz CT molecular complexity index is 1180. The molecule has 0 bridgehead atoms. The summed E-state index contributed by atoms with van der Waals surface area (Å²) in [5.41, 5.74) is 3.81. The normalized spacial score (nSPS) is 12.7. The number of phenolic OH excluding ortho intramolecular Hbond substituents is 2. The SMILES string of the molecule is CC.CC.CC.CC.Cc1cc2c(c(C)c1O)Oc1c(cc(C)c(O)c1C)C21OC(=O)c2ccccc21. The summed E-state index contributed by atoms with van der Waals surface area (Å²) in [5, 5.41) is 21.0. The highest BCUT2D eigenvalue weighted by Gasteiger charge is 2.54. The molecule has 0 saturated carbocycles. The molecule has 2 heterocycles. The first kappa shape index (κ1) is 31.6. The van der Waals surface area contributed by atoms with Gasteiger partial charge in [0, 0.05) is 27.8 Å². The fraction of sp³-hybridized carbons (Fsp3) is 0.406. The smallest absolute Gasteiger partial charge is 0.340 e. The van der Waals surface area contributed by atoms with Gasteiger partial charge in [-0.2, -0.15) is 0 Å². The lowest BCUT2D eigenvalue weighted by atomic mass is 9.75. The number of aromatic hydroxyl groups is 2. The van der Waals surface area contributed by atoms with Gasteiger partial charge in [0.05, 0.1) is 5.56 Å². The van der Waals surface area contributed by atoms with Gasteiger partial charge in [0.2, 0.25) is 0 Å². The van der Waals surface area contributed by atoms with Crippen LogP contribution in [0.15, 0.2) is 36.4 Å². The van der Waals surface area contributed by atoms with Gasteiger partial charge in [-0.25, -0.2) is 4.79 Å². The third kappa shape index (κ3) is 4.92. The number of rotatable bonds is 0. The van der Waals surface area contributed by atoms with Crippen LogP contribution in [0.2, 0.25) is 0 Å². The predicted octanol–water partition coefficient (Wildman–Crippen LogP) is 9.00. The molecule has 0 atom stereocenters. The second-order valence-corrected chi connectivity index (χ2v) is 7.81. The first-order valence-corrected chi connectivity index (χ1v) is 13.4. The molecule has 37 heavy (non-hydrogen) atoms. The monoisotopic (exact) mass is 508 g/mol. The number of esters is 1. The molecule has 0 amide bonds. The van der Waals surface area contributed by atoms with Gasteiger partial charge in [0.15, 0.2) is 5.60 Å². The quantitative estimate of drug-likeness (QED) is 0.296. The maximum Gasteiger partial charge on any atom is 0.340 e. The predicted molar refractivity (Wildman–Crippen MR) is 152 cm³/mol. The summed E-state index contributed by atoms with van der Waals surface area (Å²) in [6, 6.07) is 10.9. The second-order valence-electron chi connectivity index (χ2n) is 7.81. The van der Waals surface area contributed by atoms with Crippen LogP contribution < -0.4 is 4.74 Å². The van der Waals surface area contributed by atoms with Gasteiger partial charge in [0.1, 0.15) is 23.0 Å². The van der Waals surface area contributed by atoms with Crippen LogP contribution in [0.3, 0.4) is 0 Å². The van der Waals surface area contributed by atoms with Crippen molar-refractivity contribution in [2.75, 3.05) is 0 Å². The van der Waals surface area contributed by atoms with Crippen LogP contribution in [0.1, 0.15) is 105 Å². The van der Waals surface area contributed by atoms with E-state index in [1.807, 2.05) is 93.5 Å². The Hall–Kier alpha value is -3.47. The van der Waals surface area contributed by atoms with Gasteiger partial charge in [-0.1, -0.05) is 73.6 Å². The van der Waals surface area contributed by atoms with Crippen LogP contribution >= 0.6 is 0 Å². The Morgan fingerprint density at radius 2 is 1.05 bits per heavy atom. The van der Waals surface area contributed by atoms with Crippen molar-refractivity contribution in [3.05, 3.63) is 80.9 Å². The molecule has 2 N–H and O–H groups in total. The third-order valence-corrected chi connectivity index (χ3v) is 6.08. The minimum atomic E-state index is -1.21. The van der Waals surface area contributed by atoms with Crippen molar-refractivity contribution in [1.29, 1.82) is 0 Å². The van der Waals surface area contributed by atoms with Gasteiger partial charge in [-0.15, -0.1) is 0 Å². The van der Waals surface area contributed by atoms with E-state index in [4.69, 9.17) is 9.47 Å². The van der Waals surface area contributed by atoms with Gasteiger partial charge < -0.3 is 19.7 Å². The summed E-state index contributed by atoms with van der Waals surface area (Å²) in [5.74, 6) is 0.738. The topological polar surface area (TPSA) is 76.0 Å². The van der Waals surface area contributed by atoms with E-state index in [9.17, 15) is 15.0 Å². The number of carbonyl (C=O) groups excluding carboxylic acids is 1. The van der Waals surface area contributed by atoms with Crippen LogP contribution in [-0.2, 0) is 10.3 Å². The molecule has 0 fully saturated rings. The summed E-state index contributed by atoms with van der Waals surface area (Å²) < 4.78 is 12.4. The molecular weight excluding hydrogens is 464 g/mol. The molecule has 3 aromatic carbocycles. The molecule has 5 rings (SSSR count). The van der Waals surface area contributed by atoms with E-state index in [-0.39, 0.29) is 11.5 Å². The largest absolute Gasteiger partial charge is 0.507 e. The van der Waals surface area contributed by atoms with Crippen molar-refractivity contribution < 1.29 is 24.5 Å². The van der Waals surface area contributed by atoms with Gasteiger partial charge in [0.25, 0.3) is 0 Å². The van der Waals surface area contributed by atoms with Gasteiger partial charge in [-0.3, -0.25) is 0 Å². The van der Waals surface area contributed by atoms with Crippen molar-refractivity contribution in [3.63, 3.8) is 0 Å². The van der Waals surface area contributed by atoms with Crippen LogP contribution in [0.25, 0.3) is 0 Å². The third-order valence-electron chi connectivity index (χ3n) is 6.08. The van der Waals surface area contributed by atoms with Crippen molar-refractivity contribution in [3.8, 4) is 23.0 Å². The molecule has 0 aliphatic carbocycles. The first-order valence-electron chi connectivity index (χ1n) is 13.4. The van der Waals surface area contributed by atoms with Gasteiger partial charge >= 0.3 is 5.97 Å².